The molecule has 0 unspecified atom stereocenters. The molecule has 0 aliphatic heterocycles. The Kier molecular flexibility index (Phi) is 3.83. The molecule has 1 N–H and O–H groups in total. The van der Waals surface area contributed by atoms with Gasteiger partial charge in [-0.15, -0.1) is 0 Å². The Hall–Kier alpha value is -1.65. The number of hydrogen-bond acceptors (Lipinski definition) is 1. The van der Waals surface area contributed by atoms with Crippen LogP contribution in [0.15, 0.2) is 36.4 Å². The van der Waals surface area contributed by atoms with Crippen LogP contribution in [0.25, 0.3) is 11.0 Å². The number of nitrogens with zero attached hydrogens (tertiary/aromatic N) is 1. The van der Waals surface area contributed by atoms with Gasteiger partial charge >= 0.3 is 0 Å². The van der Waals surface area contributed by atoms with Crippen LogP contribution in [0.3, 0.4) is 0 Å². The first-order valence-electron chi connectivity index (χ1n) is 6.74. The van der Waals surface area contributed by atoms with Gasteiger partial charge in [-0.1, -0.05) is 42.8 Å². The van der Waals surface area contributed by atoms with Gasteiger partial charge in [-0.3, -0.25) is 0 Å². The Morgan fingerprint density at radius 1 is 1.24 bits per heavy atom. The minimum Gasteiger partial charge on any atom is -0.330 e. The molecule has 3 rings (SSSR count). The zero-order valence-electron chi connectivity index (χ0n) is 11.5. The molecule has 0 aliphatic rings. The molecular formula is C16H14ClFN2S. The van der Waals surface area contributed by atoms with Crippen molar-refractivity contribution in [3.8, 4) is 0 Å². The molecule has 21 heavy (non-hydrogen) atoms. The molecule has 0 saturated heterocycles. The van der Waals surface area contributed by atoms with Crippen molar-refractivity contribution in [1.82, 2.24) is 9.55 Å². The summed E-state index contributed by atoms with van der Waals surface area (Å²) in [7, 11) is 0. The highest BCUT2D eigenvalue weighted by atomic mass is 35.5. The molecule has 3 aromatic rings. The van der Waals surface area contributed by atoms with E-state index in [0.29, 0.717) is 16.8 Å². The number of aromatic nitrogens is 2. The van der Waals surface area contributed by atoms with Crippen molar-refractivity contribution in [3.05, 3.63) is 63.1 Å². The molecule has 0 amide bonds. The highest BCUT2D eigenvalue weighted by Gasteiger charge is 2.10. The summed E-state index contributed by atoms with van der Waals surface area (Å²) in [4.78, 5) is 3.03. The lowest BCUT2D eigenvalue weighted by atomic mass is 10.1. The van der Waals surface area contributed by atoms with Gasteiger partial charge in [0.15, 0.2) is 4.77 Å². The number of fused-ring (bicyclic) bond motifs is 1. The second kappa shape index (κ2) is 5.62. The number of hydrogen-bond donors (Lipinski definition) is 1. The Morgan fingerprint density at radius 2 is 1.95 bits per heavy atom. The number of halogens is 2. The highest BCUT2D eigenvalue weighted by molar-refractivity contribution is 7.71. The molecule has 0 atom stereocenters. The van der Waals surface area contributed by atoms with Gasteiger partial charge in [-0.2, -0.15) is 0 Å². The fourth-order valence-electron chi connectivity index (χ4n) is 2.54. The van der Waals surface area contributed by atoms with Crippen LogP contribution < -0.4 is 0 Å². The number of nitrogens with one attached hydrogen (secondary N) is 1. The summed E-state index contributed by atoms with van der Waals surface area (Å²) < 4.78 is 16.1. The Bertz CT molecular complexity index is 866. The predicted octanol–water partition coefficient (Wildman–Crippen LogP) is 5.10. The fraction of sp³-hybridized carbons (Fsp3) is 0.188. The van der Waals surface area contributed by atoms with Gasteiger partial charge in [0.25, 0.3) is 0 Å². The van der Waals surface area contributed by atoms with Crippen molar-refractivity contribution in [2.24, 2.45) is 0 Å². The SMILES string of the molecule is CCc1ccccc1Cn1c(=S)[nH]c2cc(F)c(Cl)cc21. The molecule has 108 valence electrons. The molecule has 2 nitrogen and oxygen atoms in total. The van der Waals surface area contributed by atoms with E-state index in [1.807, 2.05) is 16.7 Å². The summed E-state index contributed by atoms with van der Waals surface area (Å²) in [5, 5.41) is 0.106. The zero-order valence-corrected chi connectivity index (χ0v) is 13.1. The Balaban J connectivity index is 2.14. The summed E-state index contributed by atoms with van der Waals surface area (Å²) in [5.74, 6) is -0.443. The molecule has 0 fully saturated rings. The first-order valence-corrected chi connectivity index (χ1v) is 7.53. The van der Waals surface area contributed by atoms with Gasteiger partial charge in [0.1, 0.15) is 5.82 Å². The molecule has 5 heteroatoms. The minimum absolute atomic E-state index is 0.106. The van der Waals surface area contributed by atoms with E-state index < -0.39 is 5.82 Å². The second-order valence-corrected chi connectivity index (χ2v) is 5.72. The molecule has 0 aliphatic carbocycles. The molecule has 0 spiro atoms. The third-order valence-electron chi connectivity index (χ3n) is 3.64. The van der Waals surface area contributed by atoms with E-state index >= 15 is 0 Å². The van der Waals surface area contributed by atoms with Crippen LogP contribution in [0, 0.1) is 10.6 Å². The average molecular weight is 321 g/mol. The Labute approximate surface area is 132 Å². The number of benzene rings is 2. The number of H-pyrrole nitrogens is 1. The normalized spacial score (nSPS) is 11.2. The van der Waals surface area contributed by atoms with Crippen LogP contribution >= 0.6 is 23.8 Å². The molecule has 0 bridgehead atoms. The van der Waals surface area contributed by atoms with E-state index in [9.17, 15) is 4.39 Å². The van der Waals surface area contributed by atoms with Crippen LogP contribution in [0.1, 0.15) is 18.1 Å². The number of aryl methyl sites for hydroxylation is 1. The third kappa shape index (κ3) is 2.61. The first kappa shape index (κ1) is 14.3. The van der Waals surface area contributed by atoms with Gasteiger partial charge < -0.3 is 9.55 Å². The average Bonchev–Trinajstić information content (AvgIpc) is 2.76. The predicted molar refractivity (Wildman–Crippen MR) is 87.0 cm³/mol. The van der Waals surface area contributed by atoms with Crippen molar-refractivity contribution in [2.75, 3.05) is 0 Å². The molecule has 2 aromatic carbocycles. The summed E-state index contributed by atoms with van der Waals surface area (Å²) in [6, 6.07) is 11.2. The van der Waals surface area contributed by atoms with Gasteiger partial charge in [0, 0.05) is 6.07 Å². The zero-order chi connectivity index (χ0) is 15.0. The Morgan fingerprint density at radius 3 is 2.67 bits per heavy atom. The number of rotatable bonds is 3. The summed E-state index contributed by atoms with van der Waals surface area (Å²) in [6.07, 6.45) is 0.960. The van der Waals surface area contributed by atoms with Crippen LogP contribution in [0.4, 0.5) is 4.39 Å². The maximum absolute atomic E-state index is 13.5. The minimum atomic E-state index is -0.443. The molecule has 0 radical (unpaired) electrons. The van der Waals surface area contributed by atoms with Crippen molar-refractivity contribution in [2.45, 2.75) is 19.9 Å². The first-order chi connectivity index (χ1) is 10.1. The van der Waals surface area contributed by atoms with Crippen LogP contribution in [0.5, 0.6) is 0 Å². The highest BCUT2D eigenvalue weighted by Crippen LogP contribution is 2.24. The van der Waals surface area contributed by atoms with Crippen molar-refractivity contribution >= 4 is 34.9 Å². The summed E-state index contributed by atoms with van der Waals surface area (Å²) >= 11 is 11.3. The van der Waals surface area contributed by atoms with E-state index in [1.165, 1.54) is 17.2 Å². The van der Waals surface area contributed by atoms with Gasteiger partial charge in [-0.25, -0.2) is 4.39 Å². The standard InChI is InChI=1S/C16H14ClFN2S/c1-2-10-5-3-4-6-11(10)9-20-15-7-12(17)13(18)8-14(15)19-16(20)21/h3-8H,2,9H2,1H3,(H,19,21). The second-order valence-electron chi connectivity index (χ2n) is 4.92. The lowest BCUT2D eigenvalue weighted by Gasteiger charge is -2.09. The van der Waals surface area contributed by atoms with Crippen LogP contribution in [0.2, 0.25) is 5.02 Å². The molecule has 1 aromatic heterocycles. The molecular weight excluding hydrogens is 307 g/mol. The van der Waals surface area contributed by atoms with Crippen molar-refractivity contribution in [1.29, 1.82) is 0 Å². The van der Waals surface area contributed by atoms with E-state index in [-0.39, 0.29) is 5.02 Å². The van der Waals surface area contributed by atoms with Crippen LogP contribution in [-0.4, -0.2) is 9.55 Å². The third-order valence-corrected chi connectivity index (χ3v) is 4.26. The fourth-order valence-corrected chi connectivity index (χ4v) is 2.97. The van der Waals surface area contributed by atoms with Gasteiger partial charge in [0.05, 0.1) is 22.6 Å². The van der Waals surface area contributed by atoms with Crippen LogP contribution in [-0.2, 0) is 13.0 Å². The van der Waals surface area contributed by atoms with Crippen molar-refractivity contribution in [3.63, 3.8) is 0 Å². The lowest BCUT2D eigenvalue weighted by Crippen LogP contribution is -2.02. The lowest BCUT2D eigenvalue weighted by molar-refractivity contribution is 0.629. The largest absolute Gasteiger partial charge is 0.330 e. The number of imidazole rings is 1. The van der Waals surface area contributed by atoms with E-state index in [4.69, 9.17) is 23.8 Å². The van der Waals surface area contributed by atoms with Gasteiger partial charge in [-0.05, 0) is 35.8 Å². The quantitative estimate of drug-likeness (QED) is 0.666. The van der Waals surface area contributed by atoms with Crippen molar-refractivity contribution < 1.29 is 4.39 Å². The van der Waals surface area contributed by atoms with E-state index in [0.717, 1.165) is 11.9 Å². The van der Waals surface area contributed by atoms with Gasteiger partial charge in [0.2, 0.25) is 0 Å². The topological polar surface area (TPSA) is 20.7 Å². The maximum Gasteiger partial charge on any atom is 0.178 e. The monoisotopic (exact) mass is 320 g/mol. The number of aromatic amines is 1. The molecule has 1 heterocycles. The van der Waals surface area contributed by atoms with E-state index in [2.05, 4.69) is 24.0 Å². The van der Waals surface area contributed by atoms with E-state index in [1.54, 1.807) is 6.07 Å². The maximum atomic E-state index is 13.5. The smallest absolute Gasteiger partial charge is 0.178 e. The molecule has 0 saturated carbocycles. The summed E-state index contributed by atoms with van der Waals surface area (Å²) in [5.41, 5.74) is 3.97. The summed E-state index contributed by atoms with van der Waals surface area (Å²) in [6.45, 7) is 2.77.